The van der Waals surface area contributed by atoms with E-state index in [1.165, 1.54) is 6.08 Å². The normalized spacial score (nSPS) is 27.4. The van der Waals surface area contributed by atoms with Crippen LogP contribution in [-0.2, 0) is 4.74 Å². The molecule has 2 bridgehead atoms. The molecule has 3 atom stereocenters. The van der Waals surface area contributed by atoms with Gasteiger partial charge < -0.3 is 20.3 Å². The Balaban J connectivity index is 1.89. The number of hydrogen-bond acceptors (Lipinski definition) is 7. The number of aromatic nitrogens is 2. The zero-order valence-electron chi connectivity index (χ0n) is 17.3. The summed E-state index contributed by atoms with van der Waals surface area (Å²) in [7, 11) is 3.64. The highest BCUT2D eigenvalue weighted by atomic mass is 19.1. The lowest BCUT2D eigenvalue weighted by atomic mass is 9.79. The molecule has 0 radical (unpaired) electrons. The standard InChI is InChI=1S/C22H27FN6O/c1-14-17-5-4-15(23)8-18(17)22-13-30-7-6-29(22)16-9-21(27-26-10-16)19(11-25-2)20(24)12-28(14)3/h4-5,8-11,17-18,22H,1,6-7,12-13,24H2,2-3H3/t17?,18?,22-/m1/s1. The molecule has 0 spiro atoms. The quantitative estimate of drug-likeness (QED) is 0.715. The minimum Gasteiger partial charge on any atom is -0.400 e. The van der Waals surface area contributed by atoms with Crippen molar-refractivity contribution >= 4 is 17.5 Å². The molecule has 8 heteroatoms. The van der Waals surface area contributed by atoms with Crippen molar-refractivity contribution in [2.75, 3.05) is 45.3 Å². The average Bonchev–Trinajstić information content (AvgIpc) is 2.76. The predicted molar refractivity (Wildman–Crippen MR) is 117 cm³/mol. The van der Waals surface area contributed by atoms with Crippen molar-refractivity contribution < 1.29 is 9.13 Å². The van der Waals surface area contributed by atoms with Crippen molar-refractivity contribution in [3.05, 3.63) is 60.0 Å². The van der Waals surface area contributed by atoms with E-state index in [9.17, 15) is 4.39 Å². The molecular formula is C22H27FN6O. The Hall–Kier alpha value is -3.00. The van der Waals surface area contributed by atoms with Crippen LogP contribution in [0.1, 0.15) is 5.69 Å². The molecule has 158 valence electrons. The van der Waals surface area contributed by atoms with Crippen LogP contribution in [0.5, 0.6) is 0 Å². The van der Waals surface area contributed by atoms with Gasteiger partial charge >= 0.3 is 0 Å². The summed E-state index contributed by atoms with van der Waals surface area (Å²) in [4.78, 5) is 8.40. The molecule has 1 saturated heterocycles. The fraction of sp³-hybridized carbons (Fsp3) is 0.409. The maximum atomic E-state index is 14.3. The number of hydrogen-bond donors (Lipinski definition) is 1. The van der Waals surface area contributed by atoms with E-state index in [0.717, 1.165) is 17.0 Å². The first-order valence-electron chi connectivity index (χ1n) is 10.0. The van der Waals surface area contributed by atoms with E-state index >= 15 is 0 Å². The van der Waals surface area contributed by atoms with Gasteiger partial charge in [-0.05, 0) is 18.2 Å². The van der Waals surface area contributed by atoms with E-state index in [1.54, 1.807) is 25.5 Å². The predicted octanol–water partition coefficient (Wildman–Crippen LogP) is 2.17. The van der Waals surface area contributed by atoms with E-state index in [0.29, 0.717) is 37.7 Å². The van der Waals surface area contributed by atoms with E-state index in [2.05, 4.69) is 26.7 Å². The summed E-state index contributed by atoms with van der Waals surface area (Å²) in [6.45, 7) is 6.54. The Morgan fingerprint density at radius 1 is 1.43 bits per heavy atom. The van der Waals surface area contributed by atoms with Crippen LogP contribution >= 0.6 is 0 Å². The van der Waals surface area contributed by atoms with Crippen LogP contribution in [0, 0.1) is 11.8 Å². The Bertz CT molecular complexity index is 953. The molecule has 3 aliphatic rings. The number of aliphatic imine (C=N–C) groups is 1. The number of allylic oxidation sites excluding steroid dienone is 4. The lowest BCUT2D eigenvalue weighted by Crippen LogP contribution is -2.52. The van der Waals surface area contributed by atoms with Gasteiger partial charge in [-0.1, -0.05) is 12.7 Å². The molecule has 30 heavy (non-hydrogen) atoms. The van der Waals surface area contributed by atoms with Crippen LogP contribution in [-0.4, -0.2) is 67.8 Å². The third-order valence-electron chi connectivity index (χ3n) is 5.97. The molecule has 1 aromatic heterocycles. The van der Waals surface area contributed by atoms with Gasteiger partial charge in [0.05, 0.1) is 43.4 Å². The summed E-state index contributed by atoms with van der Waals surface area (Å²) in [5, 5.41) is 8.53. The highest BCUT2D eigenvalue weighted by Gasteiger charge is 2.38. The Morgan fingerprint density at radius 3 is 3.07 bits per heavy atom. The van der Waals surface area contributed by atoms with Crippen molar-refractivity contribution in [1.29, 1.82) is 0 Å². The Morgan fingerprint density at radius 2 is 2.27 bits per heavy atom. The molecule has 2 N–H and O–H groups in total. The largest absolute Gasteiger partial charge is 0.400 e. The van der Waals surface area contributed by atoms with E-state index in [1.807, 2.05) is 24.1 Å². The highest BCUT2D eigenvalue weighted by molar-refractivity contribution is 6.10. The van der Waals surface area contributed by atoms with Gasteiger partial charge in [0.25, 0.3) is 0 Å². The molecule has 2 aliphatic heterocycles. The number of morpholine rings is 1. The molecule has 1 fully saturated rings. The summed E-state index contributed by atoms with van der Waals surface area (Å²) >= 11 is 0. The van der Waals surface area contributed by atoms with Crippen LogP contribution < -0.4 is 10.6 Å². The van der Waals surface area contributed by atoms with Crippen molar-refractivity contribution in [3.63, 3.8) is 0 Å². The number of fused-ring (bicyclic) bond motifs is 6. The van der Waals surface area contributed by atoms with Gasteiger partial charge in [0.15, 0.2) is 0 Å². The fourth-order valence-corrected chi connectivity index (χ4v) is 4.40. The molecule has 7 nitrogen and oxygen atoms in total. The van der Waals surface area contributed by atoms with Gasteiger partial charge in [0.2, 0.25) is 0 Å². The number of nitrogens with two attached hydrogens (primary N) is 1. The summed E-state index contributed by atoms with van der Waals surface area (Å²) < 4.78 is 20.1. The minimum absolute atomic E-state index is 0.0642. The topological polar surface area (TPSA) is 79.9 Å². The highest BCUT2D eigenvalue weighted by Crippen LogP contribution is 2.37. The van der Waals surface area contributed by atoms with Crippen LogP contribution in [0.2, 0.25) is 0 Å². The third kappa shape index (κ3) is 3.75. The van der Waals surface area contributed by atoms with E-state index in [-0.39, 0.29) is 23.7 Å². The summed E-state index contributed by atoms with van der Waals surface area (Å²) in [6.07, 6.45) is 8.54. The molecule has 0 aromatic carbocycles. The number of halogens is 1. The first kappa shape index (κ1) is 20.3. The van der Waals surface area contributed by atoms with Crippen LogP contribution in [0.4, 0.5) is 10.1 Å². The second-order valence-electron chi connectivity index (χ2n) is 7.82. The second kappa shape index (κ2) is 8.39. The van der Waals surface area contributed by atoms with Crippen molar-refractivity contribution in [2.45, 2.75) is 6.04 Å². The van der Waals surface area contributed by atoms with Gasteiger partial charge in [0, 0.05) is 55.7 Å². The average molecular weight is 410 g/mol. The maximum absolute atomic E-state index is 14.3. The van der Waals surface area contributed by atoms with Gasteiger partial charge in [-0.3, -0.25) is 4.99 Å². The smallest absolute Gasteiger partial charge is 0.119 e. The lowest BCUT2D eigenvalue weighted by Gasteiger charge is -2.44. The number of nitrogens with zero attached hydrogens (tertiary/aromatic N) is 5. The second-order valence-corrected chi connectivity index (χ2v) is 7.82. The molecule has 1 aromatic rings. The van der Waals surface area contributed by atoms with E-state index < -0.39 is 0 Å². The number of anilines is 1. The van der Waals surface area contributed by atoms with Crippen molar-refractivity contribution in [3.8, 4) is 0 Å². The summed E-state index contributed by atoms with van der Waals surface area (Å²) in [5.41, 5.74) is 10.3. The molecule has 2 unspecified atom stereocenters. The molecule has 0 saturated carbocycles. The molecular weight excluding hydrogens is 383 g/mol. The molecule has 0 amide bonds. The van der Waals surface area contributed by atoms with Gasteiger partial charge in [-0.25, -0.2) is 4.39 Å². The van der Waals surface area contributed by atoms with Crippen LogP contribution in [0.3, 0.4) is 0 Å². The van der Waals surface area contributed by atoms with Gasteiger partial charge in [-0.15, -0.1) is 0 Å². The van der Waals surface area contributed by atoms with Crippen LogP contribution in [0.15, 0.2) is 59.3 Å². The Kier molecular flexibility index (Phi) is 5.67. The molecule has 4 rings (SSSR count). The summed E-state index contributed by atoms with van der Waals surface area (Å²) in [6, 6.07) is 1.91. The zero-order chi connectivity index (χ0) is 21.3. The van der Waals surface area contributed by atoms with Gasteiger partial charge in [0.1, 0.15) is 5.83 Å². The molecule has 1 aliphatic carbocycles. The number of ether oxygens (including phenoxy) is 1. The third-order valence-corrected chi connectivity index (χ3v) is 5.97. The minimum atomic E-state index is -0.237. The first-order valence-corrected chi connectivity index (χ1v) is 10.0. The van der Waals surface area contributed by atoms with Crippen molar-refractivity contribution in [2.24, 2.45) is 22.6 Å². The van der Waals surface area contributed by atoms with Crippen molar-refractivity contribution in [1.82, 2.24) is 15.1 Å². The first-order chi connectivity index (χ1) is 14.5. The summed E-state index contributed by atoms with van der Waals surface area (Å²) in [5.74, 6) is -0.449. The number of rotatable bonds is 1. The Labute approximate surface area is 176 Å². The molecule has 3 heterocycles. The SMILES string of the molecule is C=C1C2C=CC(F)=CC2[C@H]2COCCN2c2cnnc(c2)C(C=NC)=C(N)CN1C. The van der Waals surface area contributed by atoms with Crippen LogP contribution in [0.25, 0.3) is 5.57 Å². The lowest BCUT2D eigenvalue weighted by molar-refractivity contribution is 0.0759. The van der Waals surface area contributed by atoms with E-state index in [4.69, 9.17) is 10.5 Å². The number of likely N-dealkylation sites (N-methyl/N-ethyl adjacent to an activating group) is 1. The van der Waals surface area contributed by atoms with Gasteiger partial charge in [-0.2, -0.15) is 10.2 Å². The zero-order valence-corrected chi connectivity index (χ0v) is 17.3. The fourth-order valence-electron chi connectivity index (χ4n) is 4.40. The maximum Gasteiger partial charge on any atom is 0.119 e. The monoisotopic (exact) mass is 410 g/mol.